The van der Waals surface area contributed by atoms with Gasteiger partial charge in [-0.05, 0) is 20.8 Å². The number of nitrogens with zero attached hydrogens (tertiary/aromatic N) is 4. The van der Waals surface area contributed by atoms with E-state index in [0.717, 1.165) is 0 Å². The summed E-state index contributed by atoms with van der Waals surface area (Å²) in [5.74, 6) is 0.515. The van der Waals surface area contributed by atoms with E-state index in [4.69, 9.17) is 25.8 Å². The molecule has 4 rings (SSSR count). The summed E-state index contributed by atoms with van der Waals surface area (Å²) >= 11 is 9.47. The average molecular weight is 567 g/mol. The van der Waals surface area contributed by atoms with Crippen LogP contribution in [0.5, 0.6) is 11.5 Å². The molecular formula is C23H25BrClN5O5. The van der Waals surface area contributed by atoms with E-state index < -0.39 is 11.7 Å². The van der Waals surface area contributed by atoms with Crippen LogP contribution in [-0.4, -0.2) is 64.5 Å². The molecule has 0 bridgehead atoms. The lowest BCUT2D eigenvalue weighted by Gasteiger charge is -2.32. The second kappa shape index (κ2) is 9.90. The SMILES string of the molecule is COc1cc2c(cc1-n1nc(C(=O)NCCBr)c3cnc(Cl)cc31)OCCN2C(=O)OC(C)(C)C. The van der Waals surface area contributed by atoms with Crippen LogP contribution < -0.4 is 19.7 Å². The van der Waals surface area contributed by atoms with Crippen LogP contribution in [0.4, 0.5) is 10.5 Å². The van der Waals surface area contributed by atoms with Gasteiger partial charge in [-0.25, -0.2) is 14.5 Å². The molecule has 0 spiro atoms. The van der Waals surface area contributed by atoms with Crippen molar-refractivity contribution in [2.24, 2.45) is 0 Å². The number of pyridine rings is 1. The normalized spacial score (nSPS) is 13.3. The van der Waals surface area contributed by atoms with Gasteiger partial charge in [0.1, 0.15) is 34.5 Å². The Bertz CT molecular complexity index is 1290. The van der Waals surface area contributed by atoms with Gasteiger partial charge in [0.15, 0.2) is 5.69 Å². The summed E-state index contributed by atoms with van der Waals surface area (Å²) in [6, 6.07) is 5.03. The first-order valence-corrected chi connectivity index (χ1v) is 12.4. The number of carbonyl (C=O) groups excluding carboxylic acids is 2. The van der Waals surface area contributed by atoms with Crippen molar-refractivity contribution in [1.82, 2.24) is 20.1 Å². The lowest BCUT2D eigenvalue weighted by molar-refractivity contribution is 0.0567. The molecule has 1 aromatic carbocycles. The molecule has 3 heterocycles. The van der Waals surface area contributed by atoms with Gasteiger partial charge in [-0.1, -0.05) is 27.5 Å². The second-order valence-electron chi connectivity index (χ2n) is 8.70. The molecule has 12 heteroatoms. The third-order valence-corrected chi connectivity index (χ3v) is 5.70. The van der Waals surface area contributed by atoms with E-state index in [9.17, 15) is 9.59 Å². The van der Waals surface area contributed by atoms with Gasteiger partial charge in [-0.15, -0.1) is 0 Å². The molecule has 1 N–H and O–H groups in total. The number of amides is 2. The summed E-state index contributed by atoms with van der Waals surface area (Å²) in [5.41, 5.74) is 1.13. The Kier molecular flexibility index (Phi) is 7.09. The highest BCUT2D eigenvalue weighted by Crippen LogP contribution is 2.41. The quantitative estimate of drug-likeness (QED) is 0.362. The van der Waals surface area contributed by atoms with Gasteiger partial charge < -0.3 is 19.5 Å². The van der Waals surface area contributed by atoms with E-state index in [2.05, 4.69) is 31.3 Å². The molecule has 0 saturated heterocycles. The summed E-state index contributed by atoms with van der Waals surface area (Å²) in [5, 5.41) is 8.74. The Morgan fingerprint density at radius 1 is 1.26 bits per heavy atom. The zero-order valence-corrected chi connectivity index (χ0v) is 22.1. The van der Waals surface area contributed by atoms with E-state index in [1.54, 1.807) is 22.9 Å². The van der Waals surface area contributed by atoms with Crippen LogP contribution in [0, 0.1) is 0 Å². The van der Waals surface area contributed by atoms with Crippen molar-refractivity contribution < 1.29 is 23.8 Å². The highest BCUT2D eigenvalue weighted by molar-refractivity contribution is 9.09. The number of rotatable bonds is 5. The van der Waals surface area contributed by atoms with Crippen LogP contribution in [0.2, 0.25) is 5.15 Å². The zero-order chi connectivity index (χ0) is 25.3. The molecule has 0 atom stereocenters. The predicted octanol–water partition coefficient (Wildman–Crippen LogP) is 4.34. The van der Waals surface area contributed by atoms with Gasteiger partial charge >= 0.3 is 6.09 Å². The Morgan fingerprint density at radius 2 is 2.03 bits per heavy atom. The molecule has 1 aliphatic rings. The van der Waals surface area contributed by atoms with Gasteiger partial charge in [0.05, 0.1) is 30.2 Å². The fourth-order valence-electron chi connectivity index (χ4n) is 3.65. The number of nitrogens with one attached hydrogen (secondary N) is 1. The number of fused-ring (bicyclic) bond motifs is 2. The first kappa shape index (κ1) is 25.1. The molecule has 0 fully saturated rings. The van der Waals surface area contributed by atoms with Crippen molar-refractivity contribution >= 4 is 56.1 Å². The zero-order valence-electron chi connectivity index (χ0n) is 19.7. The number of carbonyl (C=O) groups is 2. The minimum atomic E-state index is -0.646. The third kappa shape index (κ3) is 5.15. The van der Waals surface area contributed by atoms with Crippen molar-refractivity contribution in [3.8, 4) is 17.2 Å². The first-order chi connectivity index (χ1) is 16.6. The number of methoxy groups -OCH3 is 1. The minimum absolute atomic E-state index is 0.196. The summed E-state index contributed by atoms with van der Waals surface area (Å²) < 4.78 is 18.6. The standard InChI is InChI=1S/C23H25BrClN5O5/c1-23(2,3)35-22(32)29-7-8-34-18-10-16(17(33-4)9-15(18)29)30-14-11-19(25)27-12-13(14)20(28-30)21(31)26-6-5-24/h9-12H,5-8H2,1-4H3,(H,26,31). The van der Waals surface area contributed by atoms with E-state index in [1.165, 1.54) is 18.2 Å². The number of benzene rings is 1. The lowest BCUT2D eigenvalue weighted by Crippen LogP contribution is -2.41. The number of ether oxygens (including phenoxy) is 3. The maximum absolute atomic E-state index is 12.8. The molecule has 2 amide bonds. The molecule has 35 heavy (non-hydrogen) atoms. The van der Waals surface area contributed by atoms with Gasteiger partial charge in [-0.2, -0.15) is 5.10 Å². The van der Waals surface area contributed by atoms with Gasteiger partial charge in [0, 0.05) is 36.3 Å². The van der Waals surface area contributed by atoms with Crippen molar-refractivity contribution in [2.45, 2.75) is 26.4 Å². The van der Waals surface area contributed by atoms with Crippen LogP contribution in [0.15, 0.2) is 24.4 Å². The molecule has 0 unspecified atom stereocenters. The number of anilines is 1. The van der Waals surface area contributed by atoms with Crippen molar-refractivity contribution in [2.75, 3.05) is 37.0 Å². The molecule has 186 valence electrons. The second-order valence-corrected chi connectivity index (χ2v) is 9.88. The number of hydrogen-bond acceptors (Lipinski definition) is 7. The molecule has 3 aromatic rings. The number of alkyl halides is 1. The first-order valence-electron chi connectivity index (χ1n) is 10.9. The van der Waals surface area contributed by atoms with E-state index >= 15 is 0 Å². The van der Waals surface area contributed by atoms with Crippen molar-refractivity contribution in [3.05, 3.63) is 35.2 Å². The maximum atomic E-state index is 12.8. The van der Waals surface area contributed by atoms with Crippen LogP contribution >= 0.6 is 27.5 Å². The maximum Gasteiger partial charge on any atom is 0.415 e. The lowest BCUT2D eigenvalue weighted by atomic mass is 10.2. The molecule has 0 aliphatic carbocycles. The van der Waals surface area contributed by atoms with Crippen LogP contribution in [0.1, 0.15) is 31.3 Å². The Balaban J connectivity index is 1.84. The number of hydrogen-bond donors (Lipinski definition) is 1. The minimum Gasteiger partial charge on any atom is -0.494 e. The van der Waals surface area contributed by atoms with Crippen molar-refractivity contribution in [3.63, 3.8) is 0 Å². The summed E-state index contributed by atoms with van der Waals surface area (Å²) in [7, 11) is 1.51. The van der Waals surface area contributed by atoms with E-state index in [-0.39, 0.29) is 23.4 Å². The predicted molar refractivity (Wildman–Crippen MR) is 136 cm³/mol. The number of halogens is 2. The molecule has 10 nitrogen and oxygen atoms in total. The van der Waals surface area contributed by atoms with Crippen LogP contribution in [-0.2, 0) is 4.74 Å². The highest BCUT2D eigenvalue weighted by Gasteiger charge is 2.30. The summed E-state index contributed by atoms with van der Waals surface area (Å²) in [4.78, 5) is 31.2. The molecule has 0 saturated carbocycles. The largest absolute Gasteiger partial charge is 0.494 e. The number of aromatic nitrogens is 3. The molecule has 2 aromatic heterocycles. The Hall–Kier alpha value is -3.05. The van der Waals surface area contributed by atoms with Gasteiger partial charge in [0.2, 0.25) is 0 Å². The fourth-order valence-corrected chi connectivity index (χ4v) is 4.00. The van der Waals surface area contributed by atoms with Gasteiger partial charge in [-0.3, -0.25) is 9.69 Å². The van der Waals surface area contributed by atoms with E-state index in [1.807, 2.05) is 20.8 Å². The topological polar surface area (TPSA) is 108 Å². The third-order valence-electron chi connectivity index (χ3n) is 5.09. The fraction of sp³-hybridized carbons (Fsp3) is 0.391. The van der Waals surface area contributed by atoms with E-state index in [0.29, 0.717) is 52.2 Å². The summed E-state index contributed by atoms with van der Waals surface area (Å²) in [6.07, 6.45) is 1.03. The Labute approximate surface area is 215 Å². The average Bonchev–Trinajstić information content (AvgIpc) is 3.18. The van der Waals surface area contributed by atoms with Crippen molar-refractivity contribution in [1.29, 1.82) is 0 Å². The van der Waals surface area contributed by atoms with Crippen LogP contribution in [0.3, 0.4) is 0 Å². The highest BCUT2D eigenvalue weighted by atomic mass is 79.9. The molecule has 0 radical (unpaired) electrons. The Morgan fingerprint density at radius 3 is 2.71 bits per heavy atom. The smallest absolute Gasteiger partial charge is 0.415 e. The van der Waals surface area contributed by atoms with Crippen LogP contribution in [0.25, 0.3) is 16.6 Å². The van der Waals surface area contributed by atoms with Gasteiger partial charge in [0.25, 0.3) is 5.91 Å². The molecule has 1 aliphatic heterocycles. The monoisotopic (exact) mass is 565 g/mol. The summed E-state index contributed by atoms with van der Waals surface area (Å²) in [6.45, 7) is 6.48. The molecular weight excluding hydrogens is 542 g/mol.